The number of ether oxygens (including phenoxy) is 1. The lowest BCUT2D eigenvalue weighted by molar-refractivity contribution is -0.154. The number of carbonyl (C=O) groups excluding carboxylic acids is 2. The van der Waals surface area contributed by atoms with Gasteiger partial charge in [0, 0.05) is 6.54 Å². The van der Waals surface area contributed by atoms with E-state index in [2.05, 4.69) is 9.02 Å². The summed E-state index contributed by atoms with van der Waals surface area (Å²) in [5, 5.41) is 0.365. The van der Waals surface area contributed by atoms with Crippen LogP contribution in [0.25, 0.3) is 0 Å². The molecule has 2 rings (SSSR count). The van der Waals surface area contributed by atoms with E-state index in [1.165, 1.54) is 0 Å². The summed E-state index contributed by atoms with van der Waals surface area (Å²) in [5.41, 5.74) is 0. The van der Waals surface area contributed by atoms with Crippen molar-refractivity contribution in [2.75, 3.05) is 13.7 Å². The fourth-order valence-electron chi connectivity index (χ4n) is 2.65. The predicted octanol–water partition coefficient (Wildman–Crippen LogP) is 0.188. The van der Waals surface area contributed by atoms with Crippen molar-refractivity contribution >= 4 is 22.4 Å². The van der Waals surface area contributed by atoms with Gasteiger partial charge in [0.25, 0.3) is 5.92 Å². The Hall–Kier alpha value is -1.53. The molecule has 0 radical (unpaired) electrons. The Morgan fingerprint density at radius 1 is 1.45 bits per heavy atom. The largest absolute Gasteiger partial charge is 0.469 e. The summed E-state index contributed by atoms with van der Waals surface area (Å²) in [6.45, 7) is -0.185. The number of hydrogen-bond donors (Lipinski definition) is 1. The fraction of sp³-hybridized carbons (Fsp3) is 0.800. The second kappa shape index (κ2) is 5.59. The highest BCUT2D eigenvalue weighted by atomic mass is 32.3. The molecule has 2 atom stereocenters. The number of esters is 1. The molecule has 2 aliphatic rings. The number of rotatable bonds is 5. The first-order valence-electron chi connectivity index (χ1n) is 6.26. The van der Waals surface area contributed by atoms with Crippen LogP contribution < -0.4 is 0 Å². The number of piperidine rings is 1. The van der Waals surface area contributed by atoms with Gasteiger partial charge in [0.2, 0.25) is 0 Å². The van der Waals surface area contributed by atoms with E-state index in [4.69, 9.17) is 4.55 Å². The number of halogens is 2. The Morgan fingerprint density at radius 3 is 2.64 bits per heavy atom. The van der Waals surface area contributed by atoms with Gasteiger partial charge in [-0.05, 0) is 12.8 Å². The Kier molecular flexibility index (Phi) is 4.28. The van der Waals surface area contributed by atoms with Gasteiger partial charge in [-0.3, -0.25) is 9.35 Å². The fourth-order valence-corrected chi connectivity index (χ4v) is 3.04. The molecule has 2 amide bonds. The van der Waals surface area contributed by atoms with Crippen molar-refractivity contribution in [3.63, 3.8) is 0 Å². The van der Waals surface area contributed by atoms with Crippen LogP contribution in [-0.2, 0) is 24.2 Å². The highest BCUT2D eigenvalue weighted by Crippen LogP contribution is 2.39. The number of fused-ring (bicyclic) bond motifs is 2. The number of amides is 2. The van der Waals surface area contributed by atoms with Gasteiger partial charge >= 0.3 is 22.4 Å². The maximum Gasteiger partial charge on any atom is 0.418 e. The van der Waals surface area contributed by atoms with Crippen molar-refractivity contribution in [3.05, 3.63) is 0 Å². The average molecular weight is 344 g/mol. The van der Waals surface area contributed by atoms with Crippen molar-refractivity contribution in [1.29, 1.82) is 0 Å². The normalized spacial score (nSPS) is 25.5. The standard InChI is InChI=1S/C10H14F2N2O7S/c1-20-8(15)4-10(11,12)7-3-2-6-5-13(7)9(16)14(6)21-22(17,18)19/h6-7H,2-5H2,1H3,(H,17,18,19)/t6-,7+/m1/s1. The van der Waals surface area contributed by atoms with Gasteiger partial charge in [-0.25, -0.2) is 13.6 Å². The average Bonchev–Trinajstić information content (AvgIpc) is 2.61. The SMILES string of the molecule is COC(=O)CC(F)(F)[C@@H]1CC[C@@H]2CN1C(=O)N2OS(=O)(=O)O. The second-order valence-corrected chi connectivity index (χ2v) is 6.03. The first-order chi connectivity index (χ1) is 10.0. The molecule has 2 saturated heterocycles. The minimum Gasteiger partial charge on any atom is -0.469 e. The zero-order chi connectivity index (χ0) is 16.7. The third-order valence-corrected chi connectivity index (χ3v) is 3.94. The second-order valence-electron chi connectivity index (χ2n) is 5.02. The minimum absolute atomic E-state index is 0.0409. The number of nitrogens with zero attached hydrogens (tertiary/aromatic N) is 2. The molecule has 0 unspecified atom stereocenters. The quantitative estimate of drug-likeness (QED) is 0.559. The Balaban J connectivity index is 2.16. The van der Waals surface area contributed by atoms with E-state index in [9.17, 15) is 26.8 Å². The molecule has 1 N–H and O–H groups in total. The maximum atomic E-state index is 14.1. The molecule has 0 spiro atoms. The van der Waals surface area contributed by atoms with Crippen LogP contribution in [0.5, 0.6) is 0 Å². The summed E-state index contributed by atoms with van der Waals surface area (Å²) in [6.07, 6.45) is -1.30. The molecule has 0 aromatic heterocycles. The summed E-state index contributed by atoms with van der Waals surface area (Å²) in [7, 11) is -3.97. The molecule has 2 heterocycles. The lowest BCUT2D eigenvalue weighted by atomic mass is 9.94. The molecule has 12 heteroatoms. The zero-order valence-electron chi connectivity index (χ0n) is 11.4. The Morgan fingerprint density at radius 2 is 2.09 bits per heavy atom. The number of methoxy groups -OCH3 is 1. The lowest BCUT2D eigenvalue weighted by Gasteiger charge is -2.35. The molecule has 126 valence electrons. The number of hydroxylamine groups is 2. The van der Waals surface area contributed by atoms with E-state index in [0.29, 0.717) is 5.06 Å². The van der Waals surface area contributed by atoms with E-state index in [-0.39, 0.29) is 19.4 Å². The number of hydrogen-bond acceptors (Lipinski definition) is 6. The third kappa shape index (κ3) is 3.28. The van der Waals surface area contributed by atoms with Crippen molar-refractivity contribution in [2.24, 2.45) is 0 Å². The van der Waals surface area contributed by atoms with E-state index in [1.807, 2.05) is 0 Å². The summed E-state index contributed by atoms with van der Waals surface area (Å²) >= 11 is 0. The van der Waals surface area contributed by atoms with Crippen LogP contribution in [0, 0.1) is 0 Å². The van der Waals surface area contributed by atoms with E-state index >= 15 is 0 Å². The van der Waals surface area contributed by atoms with Crippen LogP contribution in [0.4, 0.5) is 13.6 Å². The molecule has 2 aliphatic heterocycles. The minimum atomic E-state index is -4.94. The van der Waals surface area contributed by atoms with E-state index in [0.717, 1.165) is 12.0 Å². The van der Waals surface area contributed by atoms with Crippen molar-refractivity contribution < 1.29 is 40.4 Å². The van der Waals surface area contributed by atoms with Crippen LogP contribution in [0.15, 0.2) is 0 Å². The van der Waals surface area contributed by atoms with Gasteiger partial charge in [-0.2, -0.15) is 13.5 Å². The molecule has 0 aromatic carbocycles. The number of alkyl halides is 2. The van der Waals surface area contributed by atoms with Crippen LogP contribution in [0.1, 0.15) is 19.3 Å². The van der Waals surface area contributed by atoms with E-state index < -0.39 is 46.8 Å². The van der Waals surface area contributed by atoms with Crippen LogP contribution in [0.2, 0.25) is 0 Å². The van der Waals surface area contributed by atoms with Gasteiger partial charge in [0.05, 0.1) is 19.2 Å². The van der Waals surface area contributed by atoms with Gasteiger partial charge in [0.1, 0.15) is 6.42 Å². The van der Waals surface area contributed by atoms with Crippen molar-refractivity contribution in [2.45, 2.75) is 37.3 Å². The highest BCUT2D eigenvalue weighted by Gasteiger charge is 2.55. The molecular weight excluding hydrogens is 330 g/mol. The van der Waals surface area contributed by atoms with Crippen molar-refractivity contribution in [1.82, 2.24) is 9.96 Å². The first-order valence-corrected chi connectivity index (χ1v) is 7.63. The van der Waals surface area contributed by atoms with Gasteiger partial charge < -0.3 is 9.64 Å². The number of carbonyl (C=O) groups is 2. The number of urea groups is 1. The molecule has 2 bridgehead atoms. The van der Waals surface area contributed by atoms with Crippen LogP contribution >= 0.6 is 0 Å². The van der Waals surface area contributed by atoms with Crippen molar-refractivity contribution in [3.8, 4) is 0 Å². The molecular formula is C10H14F2N2O7S. The molecule has 22 heavy (non-hydrogen) atoms. The Bertz CT molecular complexity index is 582. The molecule has 0 aliphatic carbocycles. The van der Waals surface area contributed by atoms with Gasteiger partial charge in [-0.15, -0.1) is 4.28 Å². The molecule has 0 aromatic rings. The lowest BCUT2D eigenvalue weighted by Crippen LogP contribution is -2.51. The summed E-state index contributed by atoms with van der Waals surface area (Å²) in [6, 6.07) is -3.44. The zero-order valence-corrected chi connectivity index (χ0v) is 12.3. The smallest absolute Gasteiger partial charge is 0.418 e. The summed E-state index contributed by atoms with van der Waals surface area (Å²) in [4.78, 5) is 23.8. The van der Waals surface area contributed by atoms with Gasteiger partial charge in [-0.1, -0.05) is 0 Å². The monoisotopic (exact) mass is 344 g/mol. The van der Waals surface area contributed by atoms with Crippen LogP contribution in [0.3, 0.4) is 0 Å². The molecule has 0 saturated carbocycles. The predicted molar refractivity (Wildman–Crippen MR) is 65.0 cm³/mol. The summed E-state index contributed by atoms with van der Waals surface area (Å²) < 4.78 is 66.6. The molecule has 2 fully saturated rings. The molecule has 9 nitrogen and oxygen atoms in total. The van der Waals surface area contributed by atoms with Crippen LogP contribution in [-0.4, -0.2) is 66.6 Å². The highest BCUT2D eigenvalue weighted by molar-refractivity contribution is 7.80. The topological polar surface area (TPSA) is 113 Å². The third-order valence-electron chi connectivity index (χ3n) is 3.59. The first kappa shape index (κ1) is 16.8. The van der Waals surface area contributed by atoms with E-state index in [1.54, 1.807) is 0 Å². The maximum absolute atomic E-state index is 14.1. The Labute approximate surface area is 124 Å². The summed E-state index contributed by atoms with van der Waals surface area (Å²) in [5.74, 6) is -4.65. The van der Waals surface area contributed by atoms with Gasteiger partial charge in [0.15, 0.2) is 0 Å².